The van der Waals surface area contributed by atoms with E-state index in [0.717, 1.165) is 18.4 Å². The Kier molecular flexibility index (Phi) is 6.95. The standard InChI is InChI=1S/C29H36FN7O4/c1-17(18-12-24(38)31-14-18)40-27-25-23(33-16-37(25)20-5-6-20)13-22(34-27)19-11-21(30)26(32-15-19)35-7-9-36(10-8-35)28(39)41-29(2,3)4/h11,13,15-18,20H,5-10,12,14H2,1-4H3,(H,31,38)/t17-,18?/m1/s1. The summed E-state index contributed by atoms with van der Waals surface area (Å²) in [6.07, 6.45) is 5.36. The highest BCUT2D eigenvalue weighted by Gasteiger charge is 2.32. The number of piperazine rings is 1. The molecule has 1 N–H and O–H groups in total. The molecule has 0 aromatic carbocycles. The van der Waals surface area contributed by atoms with Crippen LogP contribution < -0.4 is 15.0 Å². The molecule has 1 aliphatic carbocycles. The molecule has 2 saturated heterocycles. The van der Waals surface area contributed by atoms with Crippen molar-refractivity contribution in [2.24, 2.45) is 5.92 Å². The van der Waals surface area contributed by atoms with E-state index in [-0.39, 0.29) is 29.8 Å². The summed E-state index contributed by atoms with van der Waals surface area (Å²) in [5, 5.41) is 2.86. The van der Waals surface area contributed by atoms with Gasteiger partial charge in [-0.3, -0.25) is 4.79 Å². The maximum absolute atomic E-state index is 15.5. The van der Waals surface area contributed by atoms with Crippen LogP contribution in [0.3, 0.4) is 0 Å². The Morgan fingerprint density at radius 3 is 2.54 bits per heavy atom. The van der Waals surface area contributed by atoms with Crippen LogP contribution in [0.1, 0.15) is 53.0 Å². The number of carbonyl (C=O) groups is 2. The van der Waals surface area contributed by atoms with Crippen molar-refractivity contribution in [2.45, 2.75) is 64.7 Å². The van der Waals surface area contributed by atoms with Crippen molar-refractivity contribution in [2.75, 3.05) is 37.6 Å². The van der Waals surface area contributed by atoms with Gasteiger partial charge in [-0.2, -0.15) is 0 Å². The monoisotopic (exact) mass is 565 g/mol. The Hall–Kier alpha value is -3.96. The molecular formula is C29H36FN7O4. The molecule has 3 fully saturated rings. The normalized spacial score (nSPS) is 20.3. The van der Waals surface area contributed by atoms with Crippen molar-refractivity contribution in [1.82, 2.24) is 29.7 Å². The number of anilines is 1. The number of amides is 2. The number of nitrogens with zero attached hydrogens (tertiary/aromatic N) is 6. The SMILES string of the molecule is C[C@@H](Oc1nc(-c2cnc(N3CCN(C(=O)OC(C)(C)C)CC3)c(F)c2)cc2ncn(C3CC3)c12)C1CNC(=O)C1. The Labute approximate surface area is 238 Å². The number of carbonyl (C=O) groups excluding carboxylic acids is 2. The van der Waals surface area contributed by atoms with E-state index in [4.69, 9.17) is 14.5 Å². The summed E-state index contributed by atoms with van der Waals surface area (Å²) in [5.74, 6) is 0.254. The number of aromatic nitrogens is 4. The third-order valence-corrected chi connectivity index (χ3v) is 7.78. The highest BCUT2D eigenvalue weighted by Crippen LogP contribution is 2.40. The van der Waals surface area contributed by atoms with Crippen molar-refractivity contribution in [3.63, 3.8) is 0 Å². The van der Waals surface area contributed by atoms with Crippen molar-refractivity contribution < 1.29 is 23.5 Å². The molecule has 2 atom stereocenters. The van der Waals surface area contributed by atoms with Gasteiger partial charge in [-0.15, -0.1) is 0 Å². The third-order valence-electron chi connectivity index (χ3n) is 7.78. The number of hydrogen-bond acceptors (Lipinski definition) is 8. The fraction of sp³-hybridized carbons (Fsp3) is 0.552. The Morgan fingerprint density at radius 1 is 1.15 bits per heavy atom. The highest BCUT2D eigenvalue weighted by atomic mass is 19.1. The summed E-state index contributed by atoms with van der Waals surface area (Å²) >= 11 is 0. The lowest BCUT2D eigenvalue weighted by molar-refractivity contribution is -0.119. The van der Waals surface area contributed by atoms with Gasteiger partial charge in [0, 0.05) is 62.9 Å². The van der Waals surface area contributed by atoms with Gasteiger partial charge < -0.3 is 29.2 Å². The quantitative estimate of drug-likeness (QED) is 0.478. The summed E-state index contributed by atoms with van der Waals surface area (Å²) in [7, 11) is 0. The van der Waals surface area contributed by atoms with Gasteiger partial charge in [0.05, 0.1) is 17.5 Å². The lowest BCUT2D eigenvalue weighted by Crippen LogP contribution is -2.50. The first-order valence-electron chi connectivity index (χ1n) is 14.3. The van der Waals surface area contributed by atoms with Crippen molar-refractivity contribution >= 4 is 28.9 Å². The van der Waals surface area contributed by atoms with Crippen LogP contribution in [-0.2, 0) is 9.53 Å². The van der Waals surface area contributed by atoms with E-state index >= 15 is 4.39 Å². The van der Waals surface area contributed by atoms with E-state index in [1.165, 1.54) is 6.07 Å². The predicted molar refractivity (Wildman–Crippen MR) is 150 cm³/mol. The van der Waals surface area contributed by atoms with Crippen LogP contribution in [-0.4, -0.2) is 80.8 Å². The second kappa shape index (κ2) is 10.5. The molecule has 2 amide bonds. The number of hydrogen-bond donors (Lipinski definition) is 1. The minimum Gasteiger partial charge on any atom is -0.473 e. The van der Waals surface area contributed by atoms with Gasteiger partial charge in [0.2, 0.25) is 11.8 Å². The first kappa shape index (κ1) is 27.2. The Balaban J connectivity index is 1.23. The maximum Gasteiger partial charge on any atom is 0.410 e. The zero-order valence-corrected chi connectivity index (χ0v) is 23.9. The van der Waals surface area contributed by atoms with Crippen molar-refractivity contribution in [3.8, 4) is 17.1 Å². The number of rotatable bonds is 6. The fourth-order valence-corrected chi connectivity index (χ4v) is 5.35. The van der Waals surface area contributed by atoms with Crippen LogP contribution in [0.2, 0.25) is 0 Å². The molecule has 41 heavy (non-hydrogen) atoms. The Morgan fingerprint density at radius 2 is 1.90 bits per heavy atom. The average Bonchev–Trinajstić information content (AvgIpc) is 3.52. The minimum atomic E-state index is -0.569. The summed E-state index contributed by atoms with van der Waals surface area (Å²) in [4.78, 5) is 41.5. The molecule has 0 spiro atoms. The van der Waals surface area contributed by atoms with Gasteiger partial charge in [-0.1, -0.05) is 0 Å². The summed E-state index contributed by atoms with van der Waals surface area (Å²) in [6.45, 7) is 9.73. The molecule has 1 unspecified atom stereocenters. The van der Waals surface area contributed by atoms with E-state index < -0.39 is 11.4 Å². The van der Waals surface area contributed by atoms with Crippen LogP contribution in [0.15, 0.2) is 24.7 Å². The van der Waals surface area contributed by atoms with E-state index in [1.807, 2.05) is 45.0 Å². The molecular weight excluding hydrogens is 529 g/mol. The van der Waals surface area contributed by atoms with Gasteiger partial charge in [0.25, 0.3) is 0 Å². The fourth-order valence-electron chi connectivity index (χ4n) is 5.35. The van der Waals surface area contributed by atoms with E-state index in [1.54, 1.807) is 11.1 Å². The molecule has 0 radical (unpaired) electrons. The number of pyridine rings is 2. The number of imidazole rings is 1. The molecule has 6 rings (SSSR count). The van der Waals surface area contributed by atoms with Crippen molar-refractivity contribution in [1.29, 1.82) is 0 Å². The number of fused-ring (bicyclic) bond motifs is 1. The molecule has 3 aromatic heterocycles. The number of halogens is 1. The van der Waals surface area contributed by atoms with E-state index in [0.29, 0.717) is 67.8 Å². The second-order valence-corrected chi connectivity index (χ2v) is 12.1. The summed E-state index contributed by atoms with van der Waals surface area (Å²) < 4.78 is 29.4. The smallest absolute Gasteiger partial charge is 0.410 e. The molecule has 0 bridgehead atoms. The van der Waals surface area contributed by atoms with Crippen LogP contribution in [0.25, 0.3) is 22.3 Å². The third kappa shape index (κ3) is 5.77. The minimum absolute atomic E-state index is 0.0215. The molecule has 3 aromatic rings. The molecule has 11 nitrogen and oxygen atoms in total. The van der Waals surface area contributed by atoms with Crippen molar-refractivity contribution in [3.05, 3.63) is 30.5 Å². The summed E-state index contributed by atoms with van der Waals surface area (Å²) in [5.41, 5.74) is 1.98. The van der Waals surface area contributed by atoms with Gasteiger partial charge in [0.1, 0.15) is 17.2 Å². The van der Waals surface area contributed by atoms with E-state index in [2.05, 4.69) is 19.9 Å². The topological polar surface area (TPSA) is 115 Å². The first-order valence-corrected chi connectivity index (χ1v) is 14.3. The van der Waals surface area contributed by atoms with Crippen LogP contribution in [0, 0.1) is 11.7 Å². The molecule has 5 heterocycles. The van der Waals surface area contributed by atoms with Crippen LogP contribution >= 0.6 is 0 Å². The number of ether oxygens (including phenoxy) is 2. The van der Waals surface area contributed by atoms with Gasteiger partial charge in [-0.05, 0) is 52.7 Å². The van der Waals surface area contributed by atoms with E-state index in [9.17, 15) is 9.59 Å². The van der Waals surface area contributed by atoms with Crippen LogP contribution in [0.5, 0.6) is 5.88 Å². The van der Waals surface area contributed by atoms with Gasteiger partial charge in [0.15, 0.2) is 11.6 Å². The zero-order chi connectivity index (χ0) is 28.9. The lowest BCUT2D eigenvalue weighted by Gasteiger charge is -2.36. The molecule has 12 heteroatoms. The molecule has 1 saturated carbocycles. The predicted octanol–water partition coefficient (Wildman–Crippen LogP) is 3.93. The molecule has 218 valence electrons. The highest BCUT2D eigenvalue weighted by molar-refractivity contribution is 5.85. The Bertz CT molecular complexity index is 1470. The summed E-state index contributed by atoms with van der Waals surface area (Å²) in [6, 6.07) is 3.64. The zero-order valence-electron chi connectivity index (χ0n) is 23.9. The molecule has 2 aliphatic heterocycles. The lowest BCUT2D eigenvalue weighted by atomic mass is 10.0. The first-order chi connectivity index (χ1) is 19.6. The maximum atomic E-state index is 15.5. The number of nitrogens with one attached hydrogen (secondary N) is 1. The second-order valence-electron chi connectivity index (χ2n) is 12.1. The average molecular weight is 566 g/mol. The molecule has 3 aliphatic rings. The van der Waals surface area contributed by atoms with Crippen LogP contribution in [0.4, 0.5) is 15.0 Å². The van der Waals surface area contributed by atoms with Gasteiger partial charge >= 0.3 is 6.09 Å². The largest absolute Gasteiger partial charge is 0.473 e. The van der Waals surface area contributed by atoms with Gasteiger partial charge in [-0.25, -0.2) is 24.1 Å².